The van der Waals surface area contributed by atoms with Crippen LogP contribution in [0.5, 0.6) is 0 Å². The summed E-state index contributed by atoms with van der Waals surface area (Å²) in [4.78, 5) is 61.6. The molecular weight excluding hydrogens is 492 g/mol. The zero-order valence-electron chi connectivity index (χ0n) is 23.2. The predicted octanol–water partition coefficient (Wildman–Crippen LogP) is 2.08. The zero-order valence-corrected chi connectivity index (χ0v) is 23.2. The lowest BCUT2D eigenvalue weighted by atomic mass is 9.98. The van der Waals surface area contributed by atoms with Gasteiger partial charge in [0.25, 0.3) is 5.69 Å². The van der Waals surface area contributed by atoms with Gasteiger partial charge in [-0.1, -0.05) is 41.5 Å². The van der Waals surface area contributed by atoms with Crippen molar-refractivity contribution < 1.29 is 24.1 Å². The number of nitrogens with zero attached hydrogens (tertiary/aromatic N) is 1. The number of hydrogen-bond acceptors (Lipinski definition) is 7. The molecule has 0 heterocycles. The van der Waals surface area contributed by atoms with Gasteiger partial charge in [-0.15, -0.1) is 0 Å². The van der Waals surface area contributed by atoms with Crippen LogP contribution in [-0.4, -0.2) is 52.7 Å². The predicted molar refractivity (Wildman–Crippen MR) is 145 cm³/mol. The maximum atomic E-state index is 13.1. The van der Waals surface area contributed by atoms with E-state index in [1.54, 1.807) is 13.8 Å². The Balaban J connectivity index is 2.88. The quantitative estimate of drug-likeness (QED) is 0.178. The fraction of sp³-hybridized carbons (Fsp3) is 0.615. The molecule has 12 nitrogen and oxygen atoms in total. The van der Waals surface area contributed by atoms with Crippen molar-refractivity contribution in [2.45, 2.75) is 85.5 Å². The first-order valence-electron chi connectivity index (χ1n) is 12.8. The summed E-state index contributed by atoms with van der Waals surface area (Å²) in [6, 6.07) is 1.73. The molecule has 0 bridgehead atoms. The van der Waals surface area contributed by atoms with Crippen LogP contribution in [0.3, 0.4) is 0 Å². The molecule has 0 spiro atoms. The number of carbonyl (C=O) groups excluding carboxylic acids is 4. The maximum Gasteiger partial charge on any atom is 0.269 e. The fourth-order valence-electron chi connectivity index (χ4n) is 3.67. The van der Waals surface area contributed by atoms with E-state index in [-0.39, 0.29) is 23.4 Å². The number of amides is 4. The molecule has 6 N–H and O–H groups in total. The van der Waals surface area contributed by atoms with Gasteiger partial charge >= 0.3 is 0 Å². The molecule has 0 aliphatic carbocycles. The van der Waals surface area contributed by atoms with Crippen molar-refractivity contribution in [3.8, 4) is 0 Å². The second-order valence-corrected chi connectivity index (χ2v) is 10.7. The van der Waals surface area contributed by atoms with Crippen molar-refractivity contribution >= 4 is 35.0 Å². The van der Waals surface area contributed by atoms with E-state index >= 15 is 0 Å². The number of rotatable bonds is 14. The van der Waals surface area contributed by atoms with E-state index in [1.165, 1.54) is 31.2 Å². The van der Waals surface area contributed by atoms with E-state index in [9.17, 15) is 29.3 Å². The van der Waals surface area contributed by atoms with Crippen LogP contribution < -0.4 is 27.0 Å². The lowest BCUT2D eigenvalue weighted by Crippen LogP contribution is -2.58. The summed E-state index contributed by atoms with van der Waals surface area (Å²) >= 11 is 0. The number of non-ortho nitro benzene ring substituents is 1. The molecule has 1 aromatic carbocycles. The van der Waals surface area contributed by atoms with Crippen molar-refractivity contribution in [1.29, 1.82) is 0 Å². The molecule has 0 saturated heterocycles. The Bertz CT molecular complexity index is 979. The first-order valence-corrected chi connectivity index (χ1v) is 12.8. The second-order valence-electron chi connectivity index (χ2n) is 10.7. The molecule has 0 radical (unpaired) electrons. The van der Waals surface area contributed by atoms with E-state index < -0.39 is 52.7 Å². The molecule has 212 valence electrons. The van der Waals surface area contributed by atoms with Crippen LogP contribution in [0.4, 0.5) is 11.4 Å². The van der Waals surface area contributed by atoms with Crippen LogP contribution >= 0.6 is 0 Å². The number of benzene rings is 1. The molecule has 0 aromatic heterocycles. The molecule has 4 atom stereocenters. The highest BCUT2D eigenvalue weighted by Crippen LogP contribution is 2.16. The minimum Gasteiger partial charge on any atom is -0.343 e. The Kier molecular flexibility index (Phi) is 12.8. The summed E-state index contributed by atoms with van der Waals surface area (Å²) in [6.07, 6.45) is 0.774. The normalized spacial score (nSPS) is 14.4. The van der Waals surface area contributed by atoms with Gasteiger partial charge < -0.3 is 27.0 Å². The van der Waals surface area contributed by atoms with Gasteiger partial charge in [0.1, 0.15) is 18.1 Å². The molecule has 4 amide bonds. The third kappa shape index (κ3) is 10.8. The van der Waals surface area contributed by atoms with Crippen LogP contribution in [-0.2, 0) is 19.2 Å². The Morgan fingerprint density at radius 1 is 0.789 bits per heavy atom. The standard InChI is InChI=1S/C26H42N6O6/c1-14(2)12-20(27)24(34)31-22(16(5)6)26(36)30-21(13-15(3)4)25(35)28-17(7)23(33)29-18-8-10-19(11-9-18)32(37)38/h8-11,14-17,20-22H,12-13,27H2,1-7H3,(H,28,35)(H,29,33)(H,30,36)(H,31,34)/t17-,20-,21+,22-/m0/s1. The average Bonchev–Trinajstić information content (AvgIpc) is 2.80. The van der Waals surface area contributed by atoms with E-state index in [0.29, 0.717) is 18.5 Å². The molecule has 0 fully saturated rings. The van der Waals surface area contributed by atoms with Gasteiger partial charge in [-0.2, -0.15) is 0 Å². The number of carbonyl (C=O) groups is 4. The average molecular weight is 535 g/mol. The van der Waals surface area contributed by atoms with Crippen LogP contribution in [0.2, 0.25) is 0 Å². The maximum absolute atomic E-state index is 13.1. The Hall–Kier alpha value is -3.54. The van der Waals surface area contributed by atoms with Gasteiger partial charge in [0, 0.05) is 17.8 Å². The van der Waals surface area contributed by atoms with Gasteiger partial charge in [-0.25, -0.2) is 0 Å². The van der Waals surface area contributed by atoms with Crippen molar-refractivity contribution in [2.75, 3.05) is 5.32 Å². The Morgan fingerprint density at radius 2 is 1.34 bits per heavy atom. The summed E-state index contributed by atoms with van der Waals surface area (Å²) in [6.45, 7) is 12.7. The molecule has 1 aromatic rings. The van der Waals surface area contributed by atoms with Crippen LogP contribution in [0.25, 0.3) is 0 Å². The smallest absolute Gasteiger partial charge is 0.269 e. The van der Waals surface area contributed by atoms with Crippen LogP contribution in [0, 0.1) is 27.9 Å². The SMILES string of the molecule is CC(C)C[C@H](N)C(=O)N[C@H](C(=O)N[C@H](CC(C)C)C(=O)N[C@@H](C)C(=O)Nc1ccc([N+](=O)[O-])cc1)C(C)C. The minimum absolute atomic E-state index is 0.0434. The number of nitrogens with two attached hydrogens (primary N) is 1. The summed E-state index contributed by atoms with van der Waals surface area (Å²) in [5.41, 5.74) is 6.18. The molecule has 0 aliphatic rings. The van der Waals surface area contributed by atoms with Crippen molar-refractivity contribution in [3.63, 3.8) is 0 Å². The second kappa shape index (κ2) is 15.0. The van der Waals surface area contributed by atoms with Crippen molar-refractivity contribution in [1.82, 2.24) is 16.0 Å². The van der Waals surface area contributed by atoms with Crippen LogP contribution in [0.1, 0.15) is 61.3 Å². The fourth-order valence-corrected chi connectivity index (χ4v) is 3.67. The molecule has 0 saturated carbocycles. The summed E-state index contributed by atoms with van der Waals surface area (Å²) < 4.78 is 0. The highest BCUT2D eigenvalue weighted by Gasteiger charge is 2.31. The lowest BCUT2D eigenvalue weighted by molar-refractivity contribution is -0.384. The van der Waals surface area contributed by atoms with Gasteiger partial charge in [-0.05, 0) is 49.7 Å². The molecular formula is C26H42N6O6. The Labute approximate surface area is 224 Å². The lowest BCUT2D eigenvalue weighted by Gasteiger charge is -2.27. The molecule has 0 aliphatic heterocycles. The van der Waals surface area contributed by atoms with E-state index in [4.69, 9.17) is 5.73 Å². The molecule has 38 heavy (non-hydrogen) atoms. The third-order valence-electron chi connectivity index (χ3n) is 5.75. The highest BCUT2D eigenvalue weighted by atomic mass is 16.6. The summed E-state index contributed by atoms with van der Waals surface area (Å²) in [7, 11) is 0. The number of nitro groups is 1. The minimum atomic E-state index is -0.959. The third-order valence-corrected chi connectivity index (χ3v) is 5.75. The van der Waals surface area contributed by atoms with Gasteiger partial charge in [0.2, 0.25) is 23.6 Å². The number of anilines is 1. The summed E-state index contributed by atoms with van der Waals surface area (Å²) in [5, 5.41) is 21.4. The first-order chi connectivity index (χ1) is 17.6. The van der Waals surface area contributed by atoms with Gasteiger partial charge in [0.15, 0.2) is 0 Å². The van der Waals surface area contributed by atoms with Gasteiger partial charge in [0.05, 0.1) is 11.0 Å². The van der Waals surface area contributed by atoms with Crippen molar-refractivity contribution in [3.05, 3.63) is 34.4 Å². The van der Waals surface area contributed by atoms with E-state index in [0.717, 1.165) is 0 Å². The Morgan fingerprint density at radius 3 is 1.82 bits per heavy atom. The van der Waals surface area contributed by atoms with E-state index in [2.05, 4.69) is 21.3 Å². The zero-order chi connectivity index (χ0) is 29.2. The summed E-state index contributed by atoms with van der Waals surface area (Å²) in [5.74, 6) is -2.05. The topological polar surface area (TPSA) is 186 Å². The van der Waals surface area contributed by atoms with Crippen molar-refractivity contribution in [2.24, 2.45) is 23.5 Å². The number of hydrogen-bond donors (Lipinski definition) is 5. The van der Waals surface area contributed by atoms with E-state index in [1.807, 2.05) is 27.7 Å². The largest absolute Gasteiger partial charge is 0.343 e. The number of nitrogens with one attached hydrogen (secondary N) is 4. The van der Waals surface area contributed by atoms with Gasteiger partial charge in [-0.3, -0.25) is 29.3 Å². The molecule has 12 heteroatoms. The number of nitro benzene ring substituents is 1. The molecule has 0 unspecified atom stereocenters. The van der Waals surface area contributed by atoms with Crippen LogP contribution in [0.15, 0.2) is 24.3 Å². The highest BCUT2D eigenvalue weighted by molar-refractivity contribution is 5.98. The monoisotopic (exact) mass is 534 g/mol. The first kappa shape index (κ1) is 32.5. The molecule has 1 rings (SSSR count).